The van der Waals surface area contributed by atoms with Gasteiger partial charge in [-0.05, 0) is 36.8 Å². The van der Waals surface area contributed by atoms with E-state index in [0.29, 0.717) is 11.0 Å². The Labute approximate surface area is 119 Å². The number of nitrogens with one attached hydrogen (secondary N) is 1. The molecular formula is C15H13N3O3. The normalized spacial score (nSPS) is 12.4. The molecule has 3 rings (SSSR count). The monoisotopic (exact) mass is 283 g/mol. The first-order chi connectivity index (χ1) is 10.1. The van der Waals surface area contributed by atoms with Gasteiger partial charge in [0.2, 0.25) is 0 Å². The largest absolute Gasteiger partial charge is 0.478 e. The molecule has 2 N–H and O–H groups in total. The highest BCUT2D eigenvalue weighted by molar-refractivity contribution is 6.01. The number of pyridine rings is 1. The SMILES string of the molecule is CC(c1ccncc1)n1c(=O)[nH]c2cccc(C(=O)O)c21. The van der Waals surface area contributed by atoms with Gasteiger partial charge < -0.3 is 10.1 Å². The van der Waals surface area contributed by atoms with Crippen LogP contribution < -0.4 is 5.69 Å². The molecule has 0 aliphatic rings. The van der Waals surface area contributed by atoms with Gasteiger partial charge in [0.25, 0.3) is 0 Å². The summed E-state index contributed by atoms with van der Waals surface area (Å²) in [5.74, 6) is -1.06. The van der Waals surface area contributed by atoms with E-state index in [1.54, 1.807) is 36.7 Å². The molecule has 0 saturated carbocycles. The summed E-state index contributed by atoms with van der Waals surface area (Å²) in [6.07, 6.45) is 3.29. The Morgan fingerprint density at radius 1 is 1.29 bits per heavy atom. The molecule has 0 aliphatic carbocycles. The molecule has 0 spiro atoms. The zero-order valence-electron chi connectivity index (χ0n) is 11.3. The number of fused-ring (bicyclic) bond motifs is 1. The number of carbonyl (C=O) groups is 1. The van der Waals surface area contributed by atoms with Crippen molar-refractivity contribution in [3.05, 3.63) is 64.3 Å². The molecule has 0 radical (unpaired) electrons. The Morgan fingerprint density at radius 2 is 2.00 bits per heavy atom. The summed E-state index contributed by atoms with van der Waals surface area (Å²) in [6.45, 7) is 1.85. The van der Waals surface area contributed by atoms with Gasteiger partial charge in [-0.2, -0.15) is 0 Å². The van der Waals surface area contributed by atoms with Gasteiger partial charge in [0, 0.05) is 12.4 Å². The van der Waals surface area contributed by atoms with Crippen LogP contribution in [-0.4, -0.2) is 25.6 Å². The van der Waals surface area contributed by atoms with Crippen molar-refractivity contribution in [1.82, 2.24) is 14.5 Å². The highest BCUT2D eigenvalue weighted by Crippen LogP contribution is 2.23. The third-order valence-corrected chi connectivity index (χ3v) is 3.54. The fraction of sp³-hybridized carbons (Fsp3) is 0.133. The van der Waals surface area contributed by atoms with Crippen molar-refractivity contribution in [1.29, 1.82) is 0 Å². The number of benzene rings is 1. The minimum atomic E-state index is -1.06. The average molecular weight is 283 g/mol. The van der Waals surface area contributed by atoms with Crippen LogP contribution in [0.3, 0.4) is 0 Å². The Kier molecular flexibility index (Phi) is 3.06. The van der Waals surface area contributed by atoms with Gasteiger partial charge in [0.15, 0.2) is 0 Å². The lowest BCUT2D eigenvalue weighted by Crippen LogP contribution is -2.22. The first kappa shape index (κ1) is 13.1. The van der Waals surface area contributed by atoms with E-state index in [9.17, 15) is 14.7 Å². The molecular weight excluding hydrogens is 270 g/mol. The summed E-state index contributed by atoms with van der Waals surface area (Å²) in [4.78, 5) is 30.3. The summed E-state index contributed by atoms with van der Waals surface area (Å²) < 4.78 is 1.47. The fourth-order valence-corrected chi connectivity index (χ4v) is 2.51. The molecule has 1 atom stereocenters. The van der Waals surface area contributed by atoms with E-state index in [-0.39, 0.29) is 17.3 Å². The van der Waals surface area contributed by atoms with E-state index in [4.69, 9.17) is 0 Å². The molecule has 0 amide bonds. The molecule has 3 aromatic rings. The molecule has 0 fully saturated rings. The van der Waals surface area contributed by atoms with E-state index in [2.05, 4.69) is 9.97 Å². The van der Waals surface area contributed by atoms with Gasteiger partial charge in [-0.1, -0.05) is 6.07 Å². The van der Waals surface area contributed by atoms with Gasteiger partial charge in [-0.3, -0.25) is 9.55 Å². The molecule has 2 aromatic heterocycles. The van der Waals surface area contributed by atoms with E-state index in [0.717, 1.165) is 5.56 Å². The molecule has 0 aliphatic heterocycles. The van der Waals surface area contributed by atoms with Crippen LogP contribution in [0.15, 0.2) is 47.5 Å². The molecule has 1 unspecified atom stereocenters. The lowest BCUT2D eigenvalue weighted by molar-refractivity contribution is 0.0698. The van der Waals surface area contributed by atoms with E-state index < -0.39 is 5.97 Å². The second-order valence-corrected chi connectivity index (χ2v) is 4.76. The number of hydrogen-bond donors (Lipinski definition) is 2. The highest BCUT2D eigenvalue weighted by Gasteiger charge is 2.19. The van der Waals surface area contributed by atoms with E-state index in [1.165, 1.54) is 10.6 Å². The maximum Gasteiger partial charge on any atom is 0.337 e. The molecule has 21 heavy (non-hydrogen) atoms. The van der Waals surface area contributed by atoms with Crippen molar-refractivity contribution in [2.45, 2.75) is 13.0 Å². The van der Waals surface area contributed by atoms with Gasteiger partial charge in [-0.25, -0.2) is 9.59 Å². The van der Waals surface area contributed by atoms with Crippen LogP contribution in [0, 0.1) is 0 Å². The van der Waals surface area contributed by atoms with Gasteiger partial charge >= 0.3 is 11.7 Å². The summed E-state index contributed by atoms with van der Waals surface area (Å²) in [7, 11) is 0. The van der Waals surface area contributed by atoms with Crippen LogP contribution in [0.1, 0.15) is 28.9 Å². The third-order valence-electron chi connectivity index (χ3n) is 3.54. The van der Waals surface area contributed by atoms with Crippen molar-refractivity contribution in [3.63, 3.8) is 0 Å². The van der Waals surface area contributed by atoms with E-state index >= 15 is 0 Å². The zero-order valence-corrected chi connectivity index (χ0v) is 11.3. The number of carboxylic acid groups (broad SMARTS) is 1. The van der Waals surface area contributed by atoms with Crippen molar-refractivity contribution >= 4 is 17.0 Å². The topological polar surface area (TPSA) is 88.0 Å². The fourth-order valence-electron chi connectivity index (χ4n) is 2.51. The predicted molar refractivity (Wildman–Crippen MR) is 77.6 cm³/mol. The van der Waals surface area contributed by atoms with Gasteiger partial charge in [0.05, 0.1) is 22.6 Å². The third kappa shape index (κ3) is 2.10. The quantitative estimate of drug-likeness (QED) is 0.769. The Bertz CT molecular complexity index is 865. The number of aromatic carboxylic acids is 1. The first-order valence-electron chi connectivity index (χ1n) is 6.46. The maximum atomic E-state index is 12.2. The predicted octanol–water partition coefficient (Wildman–Crippen LogP) is 2.03. The Balaban J connectivity index is 2.30. The number of imidazole rings is 1. The van der Waals surface area contributed by atoms with Crippen LogP contribution in [0.5, 0.6) is 0 Å². The molecule has 0 bridgehead atoms. The first-order valence-corrected chi connectivity index (χ1v) is 6.46. The minimum Gasteiger partial charge on any atom is -0.478 e. The minimum absolute atomic E-state index is 0.103. The van der Waals surface area contributed by atoms with Crippen molar-refractivity contribution in [2.24, 2.45) is 0 Å². The summed E-state index contributed by atoms with van der Waals surface area (Å²) in [5.41, 5.74) is 1.57. The molecule has 6 nitrogen and oxygen atoms in total. The smallest absolute Gasteiger partial charge is 0.337 e. The van der Waals surface area contributed by atoms with Crippen LogP contribution in [0.25, 0.3) is 11.0 Å². The lowest BCUT2D eigenvalue weighted by atomic mass is 10.1. The molecule has 2 heterocycles. The number of hydrogen-bond acceptors (Lipinski definition) is 3. The number of H-pyrrole nitrogens is 1. The lowest BCUT2D eigenvalue weighted by Gasteiger charge is -2.14. The van der Waals surface area contributed by atoms with Crippen LogP contribution in [-0.2, 0) is 0 Å². The van der Waals surface area contributed by atoms with Crippen LogP contribution in [0.2, 0.25) is 0 Å². The zero-order chi connectivity index (χ0) is 15.0. The number of aromatic amines is 1. The Hall–Kier alpha value is -2.89. The van der Waals surface area contributed by atoms with Gasteiger partial charge in [-0.15, -0.1) is 0 Å². The number of nitrogens with zero attached hydrogens (tertiary/aromatic N) is 2. The molecule has 0 saturated heterocycles. The summed E-state index contributed by atoms with van der Waals surface area (Å²) in [6, 6.07) is 8.11. The van der Waals surface area contributed by atoms with E-state index in [1.807, 2.05) is 6.92 Å². The van der Waals surface area contributed by atoms with Crippen LogP contribution in [0.4, 0.5) is 0 Å². The van der Waals surface area contributed by atoms with Crippen LogP contribution >= 0.6 is 0 Å². The summed E-state index contributed by atoms with van der Waals surface area (Å²) in [5, 5.41) is 9.33. The second-order valence-electron chi connectivity index (χ2n) is 4.76. The molecule has 1 aromatic carbocycles. The Morgan fingerprint density at radius 3 is 2.67 bits per heavy atom. The number of carboxylic acids is 1. The van der Waals surface area contributed by atoms with Crippen molar-refractivity contribution in [3.8, 4) is 0 Å². The number of rotatable bonds is 3. The number of aromatic nitrogens is 3. The van der Waals surface area contributed by atoms with Gasteiger partial charge in [0.1, 0.15) is 0 Å². The maximum absolute atomic E-state index is 12.2. The van der Waals surface area contributed by atoms with Crippen molar-refractivity contribution < 1.29 is 9.90 Å². The average Bonchev–Trinajstić information content (AvgIpc) is 2.83. The highest BCUT2D eigenvalue weighted by atomic mass is 16.4. The number of para-hydroxylation sites is 1. The molecule has 106 valence electrons. The second kappa shape index (κ2) is 4.90. The van der Waals surface area contributed by atoms with Crippen molar-refractivity contribution in [2.75, 3.05) is 0 Å². The molecule has 6 heteroatoms. The standard InChI is InChI=1S/C15H13N3O3/c1-9(10-5-7-16-8-6-10)18-13-11(14(19)20)3-2-4-12(13)17-15(18)21/h2-9H,1H3,(H,17,21)(H,19,20). The summed E-state index contributed by atoms with van der Waals surface area (Å²) >= 11 is 0.